The summed E-state index contributed by atoms with van der Waals surface area (Å²) in [6, 6.07) is 13.7. The van der Waals surface area contributed by atoms with Crippen LogP contribution in [0.2, 0.25) is 0 Å². The maximum Gasteiger partial charge on any atom is 0.250 e. The summed E-state index contributed by atoms with van der Waals surface area (Å²) in [4.78, 5) is 19.4. The third-order valence-electron chi connectivity index (χ3n) is 6.89. The Hall–Kier alpha value is -4.38. The molecule has 0 atom stereocenters. The molecular weight excluding hydrogens is 514 g/mol. The van der Waals surface area contributed by atoms with Crippen LogP contribution in [-0.2, 0) is 6.54 Å². The van der Waals surface area contributed by atoms with Gasteiger partial charge in [-0.1, -0.05) is 24.3 Å². The summed E-state index contributed by atoms with van der Waals surface area (Å²) in [5.41, 5.74) is 10.9. The molecule has 3 aromatic heterocycles. The number of fused-ring (bicyclic) bond motifs is 1. The van der Waals surface area contributed by atoms with E-state index in [0.29, 0.717) is 44.4 Å². The highest BCUT2D eigenvalue weighted by Crippen LogP contribution is 2.28. The summed E-state index contributed by atoms with van der Waals surface area (Å²) in [7, 11) is 1.71. The zero-order chi connectivity index (χ0) is 28.0. The van der Waals surface area contributed by atoms with E-state index in [1.54, 1.807) is 25.7 Å². The van der Waals surface area contributed by atoms with E-state index in [1.165, 1.54) is 6.33 Å². The number of ether oxygens (including phenoxy) is 1. The molecule has 0 spiro atoms. The summed E-state index contributed by atoms with van der Waals surface area (Å²) < 4.78 is 34.5. The van der Waals surface area contributed by atoms with Crippen molar-refractivity contribution >= 4 is 23.3 Å². The van der Waals surface area contributed by atoms with Crippen molar-refractivity contribution in [2.75, 3.05) is 38.6 Å². The van der Waals surface area contributed by atoms with Crippen molar-refractivity contribution in [2.24, 2.45) is 10.7 Å². The molecule has 9 nitrogen and oxygen atoms in total. The highest BCUT2D eigenvalue weighted by molar-refractivity contribution is 6.09. The molecule has 0 aliphatic carbocycles. The van der Waals surface area contributed by atoms with Crippen LogP contribution in [0.1, 0.15) is 24.0 Å². The topological polar surface area (TPSA) is 106 Å². The molecule has 0 saturated carbocycles. The molecule has 4 heterocycles. The number of aliphatic imine (C=N–C) groups is 1. The number of aromatic nitrogens is 4. The smallest absolute Gasteiger partial charge is 0.250 e. The molecule has 1 aliphatic heterocycles. The lowest BCUT2D eigenvalue weighted by atomic mass is 10.1. The summed E-state index contributed by atoms with van der Waals surface area (Å²) in [5.74, 6) is -1.16. The van der Waals surface area contributed by atoms with E-state index in [0.717, 1.165) is 33.7 Å². The van der Waals surface area contributed by atoms with E-state index in [2.05, 4.69) is 25.3 Å². The molecule has 4 aromatic rings. The Bertz CT molecular complexity index is 1490. The van der Waals surface area contributed by atoms with E-state index >= 15 is 0 Å². The lowest BCUT2D eigenvalue weighted by molar-refractivity contribution is -0.0564. The molecule has 208 valence electrons. The molecule has 1 fully saturated rings. The summed E-state index contributed by atoms with van der Waals surface area (Å²) in [6.45, 7) is 2.41. The van der Waals surface area contributed by atoms with Gasteiger partial charge in [-0.3, -0.25) is 14.3 Å². The summed E-state index contributed by atoms with van der Waals surface area (Å²) >= 11 is 0. The van der Waals surface area contributed by atoms with Crippen molar-refractivity contribution in [3.8, 4) is 17.1 Å². The maximum absolute atomic E-state index is 13.3. The van der Waals surface area contributed by atoms with Gasteiger partial charge in [0, 0.05) is 82.4 Å². The van der Waals surface area contributed by atoms with Crippen LogP contribution in [0.3, 0.4) is 0 Å². The SMILES string of the molecule is CN=C/C(=C\N)c1ccc(CNc2cc(-c3cnc4cc(OCCN5CCC(F)(F)CC5)ccn34)ncn2)cc1. The number of pyridine rings is 1. The first-order valence-electron chi connectivity index (χ1n) is 13.1. The van der Waals surface area contributed by atoms with Gasteiger partial charge in [-0.15, -0.1) is 0 Å². The van der Waals surface area contributed by atoms with Gasteiger partial charge in [0.2, 0.25) is 0 Å². The van der Waals surface area contributed by atoms with Crippen LogP contribution in [0.4, 0.5) is 14.6 Å². The number of allylic oxidation sites excluding steroid dienone is 1. The standard InChI is InChI=1S/C29H32F2N8O/c1-33-18-23(16-32)22-4-2-21(3-5-22)17-34-27-15-25(36-20-37-27)26-19-35-28-14-24(6-9-39(26)28)40-13-12-38-10-7-29(30,31)8-11-38/h2-6,9,14-16,18-20H,7-8,10-13,17,32H2,1H3,(H,34,36,37)/b23-16+,33-18?. The number of hydrogen-bond acceptors (Lipinski definition) is 8. The highest BCUT2D eigenvalue weighted by atomic mass is 19.3. The van der Waals surface area contributed by atoms with E-state index < -0.39 is 5.92 Å². The van der Waals surface area contributed by atoms with Crippen molar-refractivity contribution in [2.45, 2.75) is 25.3 Å². The van der Waals surface area contributed by atoms with Crippen LogP contribution in [0.15, 0.2) is 72.4 Å². The second-order valence-corrected chi connectivity index (χ2v) is 9.63. The second kappa shape index (κ2) is 12.2. The number of rotatable bonds is 10. The molecule has 0 unspecified atom stereocenters. The van der Waals surface area contributed by atoms with Gasteiger partial charge in [-0.25, -0.2) is 23.7 Å². The first-order valence-corrected chi connectivity index (χ1v) is 13.1. The lowest BCUT2D eigenvalue weighted by Crippen LogP contribution is -2.41. The Morgan fingerprint density at radius 1 is 1.12 bits per heavy atom. The van der Waals surface area contributed by atoms with E-state index in [1.807, 2.05) is 58.0 Å². The number of nitrogens with zero attached hydrogens (tertiary/aromatic N) is 6. The Labute approximate surface area is 231 Å². The molecule has 0 amide bonds. The van der Waals surface area contributed by atoms with Crippen molar-refractivity contribution in [1.82, 2.24) is 24.3 Å². The van der Waals surface area contributed by atoms with Crippen LogP contribution in [0.5, 0.6) is 5.75 Å². The Balaban J connectivity index is 1.19. The molecule has 1 aromatic carbocycles. The fourth-order valence-electron chi connectivity index (χ4n) is 4.59. The van der Waals surface area contributed by atoms with E-state index in [9.17, 15) is 8.78 Å². The van der Waals surface area contributed by atoms with Crippen LogP contribution < -0.4 is 15.8 Å². The van der Waals surface area contributed by atoms with Gasteiger partial charge in [0.25, 0.3) is 5.92 Å². The fraction of sp³-hybridized carbons (Fsp3) is 0.310. The zero-order valence-corrected chi connectivity index (χ0v) is 22.3. The van der Waals surface area contributed by atoms with E-state index in [-0.39, 0.29) is 12.8 Å². The van der Waals surface area contributed by atoms with Gasteiger partial charge in [0.05, 0.1) is 17.6 Å². The minimum Gasteiger partial charge on any atom is -0.492 e. The number of piperidine rings is 1. The number of benzene rings is 1. The number of nitrogens with one attached hydrogen (secondary N) is 1. The van der Waals surface area contributed by atoms with Crippen molar-refractivity contribution in [1.29, 1.82) is 0 Å². The predicted octanol–water partition coefficient (Wildman–Crippen LogP) is 4.51. The largest absolute Gasteiger partial charge is 0.492 e. The monoisotopic (exact) mass is 546 g/mol. The average molecular weight is 547 g/mol. The third-order valence-corrected chi connectivity index (χ3v) is 6.89. The van der Waals surface area contributed by atoms with Gasteiger partial charge in [0.1, 0.15) is 30.1 Å². The number of imidazole rings is 1. The van der Waals surface area contributed by atoms with Gasteiger partial charge >= 0.3 is 0 Å². The predicted molar refractivity (Wildman–Crippen MR) is 153 cm³/mol. The molecule has 5 rings (SSSR count). The highest BCUT2D eigenvalue weighted by Gasteiger charge is 2.33. The number of alkyl halides is 2. The molecular formula is C29H32F2N8O. The number of nitrogens with two attached hydrogens (primary N) is 1. The Kier molecular flexibility index (Phi) is 8.30. The third kappa shape index (κ3) is 6.60. The first kappa shape index (κ1) is 27.2. The number of anilines is 1. The number of hydrogen-bond donors (Lipinski definition) is 2. The molecule has 0 radical (unpaired) electrons. The fourth-order valence-corrected chi connectivity index (χ4v) is 4.59. The summed E-state index contributed by atoms with van der Waals surface area (Å²) in [5, 5.41) is 3.35. The Morgan fingerprint density at radius 3 is 2.67 bits per heavy atom. The van der Waals surface area contributed by atoms with Gasteiger partial charge < -0.3 is 15.8 Å². The molecule has 3 N–H and O–H groups in total. The van der Waals surface area contributed by atoms with Crippen LogP contribution >= 0.6 is 0 Å². The summed E-state index contributed by atoms with van der Waals surface area (Å²) in [6.07, 6.45) is 8.27. The van der Waals surface area contributed by atoms with Crippen LogP contribution in [0, 0.1) is 0 Å². The van der Waals surface area contributed by atoms with Crippen molar-refractivity contribution in [3.63, 3.8) is 0 Å². The molecule has 11 heteroatoms. The normalized spacial score (nSPS) is 16.0. The van der Waals surface area contributed by atoms with Crippen molar-refractivity contribution in [3.05, 3.63) is 78.5 Å². The molecule has 1 saturated heterocycles. The minimum absolute atomic E-state index is 0.0910. The van der Waals surface area contributed by atoms with Crippen molar-refractivity contribution < 1.29 is 13.5 Å². The second-order valence-electron chi connectivity index (χ2n) is 9.63. The van der Waals surface area contributed by atoms with Gasteiger partial charge in [-0.2, -0.15) is 0 Å². The maximum atomic E-state index is 13.3. The van der Waals surface area contributed by atoms with Gasteiger partial charge in [0.15, 0.2) is 0 Å². The Morgan fingerprint density at radius 2 is 1.93 bits per heavy atom. The first-order chi connectivity index (χ1) is 19.4. The number of likely N-dealkylation sites (tertiary alicyclic amines) is 1. The van der Waals surface area contributed by atoms with Crippen LogP contribution in [0.25, 0.3) is 22.6 Å². The van der Waals surface area contributed by atoms with Crippen LogP contribution in [-0.4, -0.2) is 69.7 Å². The quantitative estimate of drug-likeness (QED) is 0.282. The zero-order valence-electron chi connectivity index (χ0n) is 22.3. The molecule has 1 aliphatic rings. The van der Waals surface area contributed by atoms with E-state index in [4.69, 9.17) is 10.5 Å². The number of halogens is 2. The average Bonchev–Trinajstić information content (AvgIpc) is 3.40. The lowest BCUT2D eigenvalue weighted by Gasteiger charge is -2.31. The molecule has 40 heavy (non-hydrogen) atoms. The minimum atomic E-state index is -2.54. The van der Waals surface area contributed by atoms with Gasteiger partial charge in [-0.05, 0) is 17.2 Å². The molecule has 0 bridgehead atoms.